The summed E-state index contributed by atoms with van der Waals surface area (Å²) in [4.78, 5) is 14.1. The summed E-state index contributed by atoms with van der Waals surface area (Å²) in [5.74, 6) is -1.05. The van der Waals surface area contributed by atoms with Gasteiger partial charge in [-0.3, -0.25) is 4.79 Å². The molecule has 1 amide bonds. The number of rotatable bonds is 8. The third kappa shape index (κ3) is 7.30. The SMILES string of the molecule is O=C(N[C@H](CP(c1ccccc1)c1ccccc1)c1ccccc1-c1c2ccccc2cc2ccccc12)c1cc(C(F)(F)F)cc(C(F)(F)F)c1. The molecule has 0 aromatic heterocycles. The molecule has 0 bridgehead atoms. The van der Waals surface area contributed by atoms with E-state index in [4.69, 9.17) is 0 Å². The van der Waals surface area contributed by atoms with E-state index in [0.29, 0.717) is 23.9 Å². The molecule has 9 heteroatoms. The predicted octanol–water partition coefficient (Wildman–Crippen LogP) is 11.3. The molecule has 2 nitrogen and oxygen atoms in total. The normalized spacial score (nSPS) is 12.7. The van der Waals surface area contributed by atoms with Crippen LogP contribution in [0.3, 0.4) is 0 Å². The fourth-order valence-electron chi connectivity index (χ4n) is 6.64. The van der Waals surface area contributed by atoms with E-state index in [-0.39, 0.29) is 6.07 Å². The van der Waals surface area contributed by atoms with Gasteiger partial charge in [0.25, 0.3) is 5.91 Å². The second-order valence-corrected chi connectivity index (χ2v) is 14.6. The lowest BCUT2D eigenvalue weighted by atomic mass is 9.88. The highest BCUT2D eigenvalue weighted by Crippen LogP contribution is 2.44. The van der Waals surface area contributed by atoms with Crippen LogP contribution in [0.15, 0.2) is 158 Å². The number of carbonyl (C=O) groups excluding carboxylic acids is 1. The molecule has 0 aliphatic heterocycles. The molecule has 7 aromatic rings. The summed E-state index contributed by atoms with van der Waals surface area (Å²) in [7, 11) is -1.19. The van der Waals surface area contributed by atoms with Gasteiger partial charge in [0.05, 0.1) is 17.2 Å². The van der Waals surface area contributed by atoms with Gasteiger partial charge in [0, 0.05) is 11.7 Å². The number of amides is 1. The Morgan fingerprint density at radius 1 is 0.558 bits per heavy atom. The zero-order valence-electron chi connectivity index (χ0n) is 27.4. The second-order valence-electron chi connectivity index (χ2n) is 12.4. The number of benzene rings is 7. The third-order valence-corrected chi connectivity index (χ3v) is 11.6. The van der Waals surface area contributed by atoms with Gasteiger partial charge in [-0.1, -0.05) is 133 Å². The van der Waals surface area contributed by atoms with Gasteiger partial charge in [-0.25, -0.2) is 0 Å². The zero-order valence-corrected chi connectivity index (χ0v) is 28.3. The van der Waals surface area contributed by atoms with E-state index in [0.717, 1.165) is 43.3 Å². The van der Waals surface area contributed by atoms with Crippen molar-refractivity contribution in [3.05, 3.63) is 180 Å². The number of fused-ring (bicyclic) bond motifs is 2. The summed E-state index contributed by atoms with van der Waals surface area (Å²) < 4.78 is 83.2. The van der Waals surface area contributed by atoms with Crippen molar-refractivity contribution in [2.75, 3.05) is 6.16 Å². The predicted molar refractivity (Wildman–Crippen MR) is 197 cm³/mol. The summed E-state index contributed by atoms with van der Waals surface area (Å²) in [5.41, 5.74) is -1.46. The Hall–Kier alpha value is -5.46. The van der Waals surface area contributed by atoms with Crippen molar-refractivity contribution in [3.63, 3.8) is 0 Å². The van der Waals surface area contributed by atoms with Crippen LogP contribution in [0.1, 0.15) is 33.1 Å². The van der Waals surface area contributed by atoms with Crippen molar-refractivity contribution in [1.82, 2.24) is 5.32 Å². The molecule has 0 fully saturated rings. The number of hydrogen-bond acceptors (Lipinski definition) is 1. The summed E-state index contributed by atoms with van der Waals surface area (Å²) in [6.07, 6.45) is -9.90. The molecule has 260 valence electrons. The molecule has 0 spiro atoms. The fraction of sp³-hybridized carbons (Fsp3) is 0.0930. The van der Waals surface area contributed by atoms with Gasteiger partial charge < -0.3 is 5.32 Å². The maximum atomic E-state index is 14.1. The highest BCUT2D eigenvalue weighted by molar-refractivity contribution is 7.73. The second kappa shape index (κ2) is 14.3. The molecule has 0 aliphatic rings. The molecular weight excluding hydrogens is 691 g/mol. The first kappa shape index (κ1) is 35.0. The van der Waals surface area contributed by atoms with Crippen LogP contribution in [0.4, 0.5) is 26.3 Å². The van der Waals surface area contributed by atoms with Gasteiger partial charge in [0.1, 0.15) is 0 Å². The zero-order chi connectivity index (χ0) is 36.5. The molecule has 52 heavy (non-hydrogen) atoms. The first-order valence-electron chi connectivity index (χ1n) is 16.4. The number of carbonyl (C=O) groups is 1. The first-order chi connectivity index (χ1) is 25.0. The molecule has 0 saturated heterocycles. The Morgan fingerprint density at radius 2 is 1.02 bits per heavy atom. The Labute approximate surface area is 297 Å². The van der Waals surface area contributed by atoms with Gasteiger partial charge in [-0.05, 0) is 81.0 Å². The molecule has 1 atom stereocenters. The fourth-order valence-corrected chi connectivity index (χ4v) is 9.08. The lowest BCUT2D eigenvalue weighted by Gasteiger charge is -2.28. The largest absolute Gasteiger partial charge is 0.416 e. The number of hydrogen-bond donors (Lipinski definition) is 1. The van der Waals surface area contributed by atoms with E-state index in [9.17, 15) is 31.1 Å². The topological polar surface area (TPSA) is 29.1 Å². The van der Waals surface area contributed by atoms with Gasteiger partial charge in [0.15, 0.2) is 0 Å². The molecule has 7 rings (SSSR count). The molecule has 0 saturated carbocycles. The van der Waals surface area contributed by atoms with Crippen LogP contribution in [0.5, 0.6) is 0 Å². The number of alkyl halides is 6. The Kier molecular flexibility index (Phi) is 9.60. The van der Waals surface area contributed by atoms with E-state index in [1.54, 1.807) is 0 Å². The van der Waals surface area contributed by atoms with Crippen LogP contribution < -0.4 is 15.9 Å². The van der Waals surface area contributed by atoms with E-state index >= 15 is 0 Å². The quantitative estimate of drug-likeness (QED) is 0.0945. The van der Waals surface area contributed by atoms with Gasteiger partial charge in [-0.15, -0.1) is 0 Å². The van der Waals surface area contributed by atoms with Crippen molar-refractivity contribution in [3.8, 4) is 11.1 Å². The van der Waals surface area contributed by atoms with Crippen molar-refractivity contribution in [1.29, 1.82) is 0 Å². The van der Waals surface area contributed by atoms with E-state index in [1.165, 1.54) is 0 Å². The van der Waals surface area contributed by atoms with Gasteiger partial charge >= 0.3 is 12.4 Å². The van der Waals surface area contributed by atoms with Crippen molar-refractivity contribution >= 4 is 46.0 Å². The van der Waals surface area contributed by atoms with E-state index in [2.05, 4.69) is 11.4 Å². The standard InChI is InChI=1S/C43H30F6NOP/c44-42(45,46)31-24-30(25-32(26-31)43(47,48)49)41(51)50-39(27-52(33-15-3-1-4-16-33)34-17-5-2-6-18-34)37-21-11-12-22-38(37)40-35-19-9-7-13-28(35)23-29-14-8-10-20-36(29)40/h1-26,39H,27H2,(H,50,51)/t39-/m1/s1. The Balaban J connectivity index is 1.43. The smallest absolute Gasteiger partial charge is 0.345 e. The lowest BCUT2D eigenvalue weighted by molar-refractivity contribution is -0.143. The summed E-state index contributed by atoms with van der Waals surface area (Å²) >= 11 is 0. The van der Waals surface area contributed by atoms with Crippen LogP contribution in [0.2, 0.25) is 0 Å². The minimum Gasteiger partial charge on any atom is -0.345 e. The molecule has 0 radical (unpaired) electrons. The molecule has 7 aromatic carbocycles. The highest BCUT2D eigenvalue weighted by Gasteiger charge is 2.38. The molecule has 0 heterocycles. The van der Waals surface area contributed by atoms with Crippen molar-refractivity contribution in [2.45, 2.75) is 18.4 Å². The first-order valence-corrected chi connectivity index (χ1v) is 18.0. The Bertz CT molecular complexity index is 2250. The van der Waals surface area contributed by atoms with Crippen molar-refractivity contribution in [2.24, 2.45) is 0 Å². The molecule has 0 unspecified atom stereocenters. The summed E-state index contributed by atoms with van der Waals surface area (Å²) in [6, 6.07) is 45.0. The molecular formula is C43H30F6NOP. The molecule has 1 N–H and O–H groups in total. The van der Waals surface area contributed by atoms with Crippen LogP contribution in [-0.4, -0.2) is 12.1 Å². The summed E-state index contributed by atoms with van der Waals surface area (Å²) in [6.45, 7) is 0. The summed E-state index contributed by atoms with van der Waals surface area (Å²) in [5, 5.41) is 8.82. The molecule has 0 aliphatic carbocycles. The van der Waals surface area contributed by atoms with E-state index < -0.39 is 48.9 Å². The van der Waals surface area contributed by atoms with Gasteiger partial charge in [-0.2, -0.15) is 26.3 Å². The monoisotopic (exact) mass is 721 g/mol. The average Bonchev–Trinajstić information content (AvgIpc) is 3.15. The minimum atomic E-state index is -5.10. The number of nitrogens with one attached hydrogen (secondary N) is 1. The van der Waals surface area contributed by atoms with Crippen LogP contribution in [0, 0.1) is 0 Å². The van der Waals surface area contributed by atoms with Crippen LogP contribution in [-0.2, 0) is 12.4 Å². The highest BCUT2D eigenvalue weighted by atomic mass is 31.1. The average molecular weight is 722 g/mol. The van der Waals surface area contributed by atoms with Crippen LogP contribution in [0.25, 0.3) is 32.7 Å². The van der Waals surface area contributed by atoms with E-state index in [1.807, 2.05) is 133 Å². The lowest BCUT2D eigenvalue weighted by Crippen LogP contribution is -2.33. The number of halogens is 6. The van der Waals surface area contributed by atoms with Gasteiger partial charge in [0.2, 0.25) is 0 Å². The third-order valence-electron chi connectivity index (χ3n) is 9.03. The van der Waals surface area contributed by atoms with Crippen LogP contribution >= 0.6 is 7.92 Å². The van der Waals surface area contributed by atoms with Crippen molar-refractivity contribution < 1.29 is 31.1 Å². The minimum absolute atomic E-state index is 0.0270. The maximum absolute atomic E-state index is 14.1. The maximum Gasteiger partial charge on any atom is 0.416 e. The Morgan fingerprint density at radius 3 is 1.54 bits per heavy atom.